The van der Waals surface area contributed by atoms with Gasteiger partial charge in [-0.25, -0.2) is 0 Å². The van der Waals surface area contributed by atoms with Crippen LogP contribution in [0.3, 0.4) is 0 Å². The predicted molar refractivity (Wildman–Crippen MR) is 56.2 cm³/mol. The molecule has 2 rings (SSSR count). The van der Waals surface area contributed by atoms with Gasteiger partial charge in [0.05, 0.1) is 5.51 Å². The minimum Gasteiger partial charge on any atom is -0.356 e. The Kier molecular flexibility index (Phi) is 3.14. The van der Waals surface area contributed by atoms with Gasteiger partial charge in [0.15, 0.2) is 0 Å². The summed E-state index contributed by atoms with van der Waals surface area (Å²) in [4.78, 5) is 16.7. The zero-order valence-electron chi connectivity index (χ0n) is 8.03. The van der Waals surface area contributed by atoms with E-state index in [9.17, 15) is 4.79 Å². The van der Waals surface area contributed by atoms with Crippen LogP contribution in [-0.4, -0.2) is 17.4 Å². The van der Waals surface area contributed by atoms with Crippen LogP contribution in [0.1, 0.15) is 24.1 Å². The highest BCUT2D eigenvalue weighted by atomic mass is 32.1. The van der Waals surface area contributed by atoms with Crippen molar-refractivity contribution in [2.45, 2.75) is 25.7 Å². The third kappa shape index (κ3) is 2.32. The summed E-state index contributed by atoms with van der Waals surface area (Å²) in [5.41, 5.74) is 1.82. The Labute approximate surface area is 87.6 Å². The number of aromatic nitrogens is 1. The molecular formula is C10H14N2OS. The zero-order valence-corrected chi connectivity index (χ0v) is 8.85. The first-order valence-electron chi connectivity index (χ1n) is 5.01. The maximum Gasteiger partial charge on any atom is 0.223 e. The Morgan fingerprint density at radius 3 is 3.07 bits per heavy atom. The van der Waals surface area contributed by atoms with Crippen molar-refractivity contribution in [3.05, 3.63) is 16.6 Å². The van der Waals surface area contributed by atoms with Crippen molar-refractivity contribution in [2.75, 3.05) is 6.54 Å². The molecule has 1 saturated carbocycles. The lowest BCUT2D eigenvalue weighted by Crippen LogP contribution is -2.35. The van der Waals surface area contributed by atoms with Crippen LogP contribution >= 0.6 is 11.3 Å². The predicted octanol–water partition coefficient (Wildman–Crippen LogP) is 1.60. The van der Waals surface area contributed by atoms with Gasteiger partial charge in [-0.15, -0.1) is 11.3 Å². The van der Waals surface area contributed by atoms with Crippen LogP contribution in [0, 0.1) is 5.92 Å². The zero-order chi connectivity index (χ0) is 9.80. The van der Waals surface area contributed by atoms with E-state index < -0.39 is 0 Å². The SMILES string of the molecule is O=C(NCCc1cncs1)C1CCC1. The molecule has 76 valence electrons. The molecule has 1 amide bonds. The molecule has 0 aliphatic heterocycles. The van der Waals surface area contributed by atoms with E-state index in [2.05, 4.69) is 10.3 Å². The molecule has 0 unspecified atom stereocenters. The highest BCUT2D eigenvalue weighted by Gasteiger charge is 2.24. The van der Waals surface area contributed by atoms with Gasteiger partial charge in [-0.1, -0.05) is 6.42 Å². The van der Waals surface area contributed by atoms with Gasteiger partial charge in [0.2, 0.25) is 5.91 Å². The van der Waals surface area contributed by atoms with Gasteiger partial charge in [-0.2, -0.15) is 0 Å². The monoisotopic (exact) mass is 210 g/mol. The molecule has 0 radical (unpaired) electrons. The first-order chi connectivity index (χ1) is 6.86. The number of carbonyl (C=O) groups excluding carboxylic acids is 1. The van der Waals surface area contributed by atoms with Crippen LogP contribution in [0.2, 0.25) is 0 Å². The second kappa shape index (κ2) is 4.55. The summed E-state index contributed by atoms with van der Waals surface area (Å²) < 4.78 is 0. The highest BCUT2D eigenvalue weighted by Crippen LogP contribution is 2.26. The van der Waals surface area contributed by atoms with E-state index in [1.54, 1.807) is 11.3 Å². The van der Waals surface area contributed by atoms with E-state index in [0.717, 1.165) is 25.8 Å². The summed E-state index contributed by atoms with van der Waals surface area (Å²) in [5, 5.41) is 2.96. The quantitative estimate of drug-likeness (QED) is 0.820. The van der Waals surface area contributed by atoms with Crippen LogP contribution < -0.4 is 5.32 Å². The second-order valence-corrected chi connectivity index (χ2v) is 4.61. The Morgan fingerprint density at radius 2 is 2.50 bits per heavy atom. The van der Waals surface area contributed by atoms with E-state index in [1.165, 1.54) is 11.3 Å². The molecular weight excluding hydrogens is 196 g/mol. The summed E-state index contributed by atoms with van der Waals surface area (Å²) in [6, 6.07) is 0. The highest BCUT2D eigenvalue weighted by molar-refractivity contribution is 7.09. The molecule has 0 spiro atoms. The van der Waals surface area contributed by atoms with E-state index in [-0.39, 0.29) is 5.91 Å². The Balaban J connectivity index is 1.65. The maximum atomic E-state index is 11.4. The fourth-order valence-electron chi connectivity index (χ4n) is 1.49. The van der Waals surface area contributed by atoms with Crippen LogP contribution in [0.25, 0.3) is 0 Å². The smallest absolute Gasteiger partial charge is 0.223 e. The Bertz CT molecular complexity index is 293. The van der Waals surface area contributed by atoms with Gasteiger partial charge in [-0.05, 0) is 12.8 Å². The van der Waals surface area contributed by atoms with Crippen LogP contribution in [0.15, 0.2) is 11.7 Å². The normalized spacial score (nSPS) is 16.3. The number of hydrogen-bond donors (Lipinski definition) is 1. The molecule has 1 N–H and O–H groups in total. The topological polar surface area (TPSA) is 42.0 Å². The van der Waals surface area contributed by atoms with Gasteiger partial charge >= 0.3 is 0 Å². The summed E-state index contributed by atoms with van der Waals surface area (Å²) >= 11 is 1.64. The molecule has 0 bridgehead atoms. The van der Waals surface area contributed by atoms with E-state index in [0.29, 0.717) is 5.92 Å². The molecule has 1 aliphatic rings. The van der Waals surface area contributed by atoms with Gasteiger partial charge in [0, 0.05) is 30.0 Å². The largest absolute Gasteiger partial charge is 0.356 e. The van der Waals surface area contributed by atoms with E-state index >= 15 is 0 Å². The minimum atomic E-state index is 0.237. The van der Waals surface area contributed by atoms with E-state index in [4.69, 9.17) is 0 Å². The molecule has 1 aliphatic carbocycles. The molecule has 3 nitrogen and oxygen atoms in total. The molecule has 1 aromatic heterocycles. The Morgan fingerprint density at radius 1 is 1.64 bits per heavy atom. The molecule has 1 fully saturated rings. The third-order valence-electron chi connectivity index (χ3n) is 2.63. The first-order valence-corrected chi connectivity index (χ1v) is 5.89. The number of amides is 1. The van der Waals surface area contributed by atoms with Crippen LogP contribution in [0.5, 0.6) is 0 Å². The summed E-state index contributed by atoms with van der Waals surface area (Å²) in [6.07, 6.45) is 6.13. The summed E-state index contributed by atoms with van der Waals surface area (Å²) in [7, 11) is 0. The number of rotatable bonds is 4. The molecule has 1 aromatic rings. The van der Waals surface area contributed by atoms with Crippen molar-refractivity contribution >= 4 is 17.2 Å². The lowest BCUT2D eigenvalue weighted by molar-refractivity contribution is -0.127. The van der Waals surface area contributed by atoms with Crippen LogP contribution in [0.4, 0.5) is 0 Å². The molecule has 1 heterocycles. The minimum absolute atomic E-state index is 0.237. The van der Waals surface area contributed by atoms with Crippen molar-refractivity contribution in [2.24, 2.45) is 5.92 Å². The average Bonchev–Trinajstić information content (AvgIpc) is 2.53. The second-order valence-electron chi connectivity index (χ2n) is 3.64. The number of nitrogens with one attached hydrogen (secondary N) is 1. The summed E-state index contributed by atoms with van der Waals surface area (Å²) in [6.45, 7) is 0.748. The molecule has 0 aromatic carbocycles. The van der Waals surface area contributed by atoms with Gasteiger partial charge in [0.1, 0.15) is 0 Å². The fraction of sp³-hybridized carbons (Fsp3) is 0.600. The number of hydrogen-bond acceptors (Lipinski definition) is 3. The number of thiazole rings is 1. The van der Waals surface area contributed by atoms with Crippen molar-refractivity contribution in [1.82, 2.24) is 10.3 Å². The van der Waals surface area contributed by atoms with Gasteiger partial charge < -0.3 is 5.32 Å². The molecule has 4 heteroatoms. The lowest BCUT2D eigenvalue weighted by atomic mass is 9.85. The fourth-order valence-corrected chi connectivity index (χ4v) is 2.09. The van der Waals surface area contributed by atoms with Crippen molar-refractivity contribution < 1.29 is 4.79 Å². The van der Waals surface area contributed by atoms with E-state index in [1.807, 2.05) is 11.7 Å². The van der Waals surface area contributed by atoms with Crippen molar-refractivity contribution in [1.29, 1.82) is 0 Å². The molecule has 0 atom stereocenters. The lowest BCUT2D eigenvalue weighted by Gasteiger charge is -2.23. The van der Waals surface area contributed by atoms with Crippen molar-refractivity contribution in [3.63, 3.8) is 0 Å². The molecule has 0 saturated heterocycles. The Hall–Kier alpha value is -0.900. The maximum absolute atomic E-state index is 11.4. The summed E-state index contributed by atoms with van der Waals surface area (Å²) in [5.74, 6) is 0.539. The van der Waals surface area contributed by atoms with Crippen molar-refractivity contribution in [3.8, 4) is 0 Å². The average molecular weight is 210 g/mol. The van der Waals surface area contributed by atoms with Crippen LogP contribution in [-0.2, 0) is 11.2 Å². The number of carbonyl (C=O) groups is 1. The van der Waals surface area contributed by atoms with Gasteiger partial charge in [0.25, 0.3) is 0 Å². The number of nitrogens with zero attached hydrogens (tertiary/aromatic N) is 1. The third-order valence-corrected chi connectivity index (χ3v) is 3.47. The standard InChI is InChI=1S/C10H14N2OS/c13-10(8-2-1-3-8)12-5-4-9-6-11-7-14-9/h6-8H,1-5H2,(H,12,13). The first kappa shape index (κ1) is 9.65. The van der Waals surface area contributed by atoms with Gasteiger partial charge in [-0.3, -0.25) is 9.78 Å². The molecule has 14 heavy (non-hydrogen) atoms.